The number of hydrogen-bond acceptors (Lipinski definition) is 8. The van der Waals surface area contributed by atoms with Gasteiger partial charge in [0.25, 0.3) is 11.8 Å². The fourth-order valence-electron chi connectivity index (χ4n) is 4.15. The van der Waals surface area contributed by atoms with Crippen LogP contribution in [-0.4, -0.2) is 85.2 Å². The average molecular weight is 441 g/mol. The highest BCUT2D eigenvalue weighted by atomic mass is 16.5. The fourth-order valence-corrected chi connectivity index (χ4v) is 4.15. The van der Waals surface area contributed by atoms with Crippen LogP contribution >= 0.6 is 0 Å². The van der Waals surface area contributed by atoms with Crippen LogP contribution in [0.1, 0.15) is 11.3 Å². The molecular weight excluding hydrogens is 414 g/mol. The predicted molar refractivity (Wildman–Crippen MR) is 116 cm³/mol. The molecule has 0 bridgehead atoms. The summed E-state index contributed by atoms with van der Waals surface area (Å²) in [6.45, 7) is 3.31. The Balaban J connectivity index is 1.72. The molecule has 1 aromatic carbocycles. The smallest absolute Gasteiger partial charge is 0.278 e. The molecule has 0 unspecified atom stereocenters. The summed E-state index contributed by atoms with van der Waals surface area (Å²) in [5, 5.41) is 9.21. The van der Waals surface area contributed by atoms with Crippen molar-refractivity contribution >= 4 is 17.4 Å². The molecule has 0 atom stereocenters. The number of aliphatic hydroxyl groups is 1. The topological polar surface area (TPSA) is 95.7 Å². The number of nitrogens with zero attached hydrogens (tertiary/aromatic N) is 3. The van der Waals surface area contributed by atoms with Gasteiger partial charge in [-0.3, -0.25) is 19.4 Å². The lowest BCUT2D eigenvalue weighted by molar-refractivity contribution is -0.138. The zero-order valence-electron chi connectivity index (χ0n) is 18.2. The Morgan fingerprint density at radius 1 is 1.00 bits per heavy atom. The number of amides is 2. The highest BCUT2D eigenvalue weighted by Crippen LogP contribution is 2.37. The van der Waals surface area contributed by atoms with E-state index in [0.717, 1.165) is 0 Å². The van der Waals surface area contributed by atoms with Crippen molar-refractivity contribution in [2.75, 3.05) is 53.6 Å². The van der Waals surface area contributed by atoms with Crippen molar-refractivity contribution < 1.29 is 28.6 Å². The minimum atomic E-state index is -0.369. The van der Waals surface area contributed by atoms with Gasteiger partial charge in [-0.25, -0.2) is 0 Å². The summed E-state index contributed by atoms with van der Waals surface area (Å²) >= 11 is 0. The molecule has 2 amide bonds. The van der Waals surface area contributed by atoms with Crippen molar-refractivity contribution in [2.24, 2.45) is 0 Å². The molecule has 9 heteroatoms. The molecule has 32 heavy (non-hydrogen) atoms. The summed E-state index contributed by atoms with van der Waals surface area (Å²) in [4.78, 5) is 32.3. The molecule has 0 saturated carbocycles. The minimum Gasteiger partial charge on any atom is -0.493 e. The second kappa shape index (κ2) is 9.46. The van der Waals surface area contributed by atoms with E-state index in [2.05, 4.69) is 4.90 Å². The number of hydrogen-bond donors (Lipinski definition) is 1. The van der Waals surface area contributed by atoms with Crippen molar-refractivity contribution in [1.82, 2.24) is 14.7 Å². The van der Waals surface area contributed by atoms with Gasteiger partial charge in [-0.2, -0.15) is 0 Å². The van der Waals surface area contributed by atoms with Crippen LogP contribution < -0.4 is 9.47 Å². The summed E-state index contributed by atoms with van der Waals surface area (Å²) in [6.07, 6.45) is 1.52. The largest absolute Gasteiger partial charge is 0.493 e. The van der Waals surface area contributed by atoms with Gasteiger partial charge in [0.2, 0.25) is 0 Å². The van der Waals surface area contributed by atoms with Crippen LogP contribution in [0.3, 0.4) is 0 Å². The zero-order valence-corrected chi connectivity index (χ0v) is 18.2. The molecule has 1 saturated heterocycles. The van der Waals surface area contributed by atoms with E-state index in [9.17, 15) is 14.7 Å². The number of carbonyl (C=O) groups is 2. The summed E-state index contributed by atoms with van der Waals surface area (Å²) in [5.74, 6) is 0.847. The van der Waals surface area contributed by atoms with Crippen LogP contribution in [-0.2, 0) is 16.1 Å². The van der Waals surface area contributed by atoms with E-state index < -0.39 is 0 Å². The lowest BCUT2D eigenvalue weighted by Crippen LogP contribution is -2.48. The Bertz CT molecular complexity index is 1010. The standard InChI is InChI=1S/C23H27N3O6/c1-30-18-6-5-16(14-19(18)31-2)20-21(25-9-7-24(8-10-25)11-12-27)23(29)26(22(20)28)15-17-4-3-13-32-17/h3-6,13-14,27H,7-12,15H2,1-2H3. The van der Waals surface area contributed by atoms with Gasteiger partial charge in [-0.1, -0.05) is 6.07 Å². The Morgan fingerprint density at radius 2 is 1.75 bits per heavy atom. The molecule has 3 heterocycles. The first-order valence-electron chi connectivity index (χ1n) is 10.5. The highest BCUT2D eigenvalue weighted by Gasteiger charge is 2.42. The van der Waals surface area contributed by atoms with Gasteiger partial charge >= 0.3 is 0 Å². The molecule has 1 N–H and O–H groups in total. The van der Waals surface area contributed by atoms with Crippen LogP contribution in [0.2, 0.25) is 0 Å². The Kier molecular flexibility index (Phi) is 6.48. The fraction of sp³-hybridized carbons (Fsp3) is 0.391. The first-order chi connectivity index (χ1) is 15.6. The summed E-state index contributed by atoms with van der Waals surface area (Å²) in [5.41, 5.74) is 1.33. The summed E-state index contributed by atoms with van der Waals surface area (Å²) in [6, 6.07) is 8.68. The number of ether oxygens (including phenoxy) is 2. The molecule has 4 rings (SSSR count). The summed E-state index contributed by atoms with van der Waals surface area (Å²) in [7, 11) is 3.07. The first kappa shape index (κ1) is 21.9. The second-order valence-corrected chi connectivity index (χ2v) is 7.62. The van der Waals surface area contributed by atoms with Gasteiger partial charge in [-0.15, -0.1) is 0 Å². The zero-order chi connectivity index (χ0) is 22.7. The van der Waals surface area contributed by atoms with E-state index in [0.29, 0.717) is 66.8 Å². The Labute approximate surface area is 186 Å². The molecule has 1 aromatic heterocycles. The quantitative estimate of drug-likeness (QED) is 0.611. The molecule has 170 valence electrons. The van der Waals surface area contributed by atoms with Crippen LogP contribution in [0.4, 0.5) is 0 Å². The summed E-state index contributed by atoms with van der Waals surface area (Å²) < 4.78 is 16.1. The molecule has 0 aliphatic carbocycles. The molecule has 2 aromatic rings. The lowest BCUT2D eigenvalue weighted by Gasteiger charge is -2.36. The minimum absolute atomic E-state index is 0.0649. The van der Waals surface area contributed by atoms with Crippen LogP contribution in [0.25, 0.3) is 5.57 Å². The highest BCUT2D eigenvalue weighted by molar-refractivity contribution is 6.35. The van der Waals surface area contributed by atoms with E-state index in [1.165, 1.54) is 18.3 Å². The number of β-amino-alcohol motifs (C(OH)–C–C–N with tert-alkyl or cyclic N) is 1. The number of benzene rings is 1. The average Bonchev–Trinajstić information content (AvgIpc) is 3.41. The predicted octanol–water partition coefficient (Wildman–Crippen LogP) is 1.19. The number of aliphatic hydroxyl groups excluding tert-OH is 1. The molecule has 2 aliphatic rings. The van der Waals surface area contributed by atoms with E-state index in [4.69, 9.17) is 13.9 Å². The normalized spacial score (nSPS) is 17.5. The van der Waals surface area contributed by atoms with Gasteiger partial charge in [0, 0.05) is 32.7 Å². The third-order valence-electron chi connectivity index (χ3n) is 5.81. The van der Waals surface area contributed by atoms with Crippen molar-refractivity contribution in [3.8, 4) is 11.5 Å². The van der Waals surface area contributed by atoms with E-state index in [1.807, 2.05) is 4.90 Å². The number of rotatable bonds is 8. The maximum Gasteiger partial charge on any atom is 0.278 e. The van der Waals surface area contributed by atoms with Gasteiger partial charge < -0.3 is 23.9 Å². The van der Waals surface area contributed by atoms with Crippen LogP contribution in [0.15, 0.2) is 46.7 Å². The molecule has 0 spiro atoms. The Morgan fingerprint density at radius 3 is 2.38 bits per heavy atom. The third-order valence-corrected chi connectivity index (χ3v) is 5.81. The Hall–Kier alpha value is -3.30. The van der Waals surface area contributed by atoms with Gasteiger partial charge in [0.15, 0.2) is 11.5 Å². The van der Waals surface area contributed by atoms with Gasteiger partial charge in [-0.05, 0) is 29.8 Å². The first-order valence-corrected chi connectivity index (χ1v) is 10.5. The number of carbonyl (C=O) groups excluding carboxylic acids is 2. The third kappa shape index (κ3) is 4.09. The SMILES string of the molecule is COc1ccc(C2=C(N3CCN(CCO)CC3)C(=O)N(Cc3ccco3)C2=O)cc1OC. The van der Waals surface area contributed by atoms with Crippen molar-refractivity contribution in [2.45, 2.75) is 6.54 Å². The monoisotopic (exact) mass is 441 g/mol. The maximum atomic E-state index is 13.5. The van der Waals surface area contributed by atoms with Crippen molar-refractivity contribution in [1.29, 1.82) is 0 Å². The lowest BCUT2D eigenvalue weighted by atomic mass is 10.0. The van der Waals surface area contributed by atoms with E-state index in [1.54, 1.807) is 37.4 Å². The van der Waals surface area contributed by atoms with Crippen LogP contribution in [0, 0.1) is 0 Å². The molecular formula is C23H27N3O6. The molecule has 0 radical (unpaired) electrons. The molecule has 2 aliphatic heterocycles. The number of methoxy groups -OCH3 is 2. The molecule has 9 nitrogen and oxygen atoms in total. The number of furan rings is 1. The second-order valence-electron chi connectivity index (χ2n) is 7.62. The number of imide groups is 1. The van der Waals surface area contributed by atoms with E-state index in [-0.39, 0.29) is 25.0 Å². The van der Waals surface area contributed by atoms with Gasteiger partial charge in [0.1, 0.15) is 11.5 Å². The number of piperazine rings is 1. The van der Waals surface area contributed by atoms with Crippen molar-refractivity contribution in [3.05, 3.63) is 53.6 Å². The van der Waals surface area contributed by atoms with Crippen LogP contribution in [0.5, 0.6) is 11.5 Å². The maximum absolute atomic E-state index is 13.5. The van der Waals surface area contributed by atoms with E-state index >= 15 is 0 Å². The van der Waals surface area contributed by atoms with Crippen molar-refractivity contribution in [3.63, 3.8) is 0 Å². The van der Waals surface area contributed by atoms with Gasteiger partial charge in [0.05, 0.1) is 39.2 Å². The molecule has 1 fully saturated rings.